The van der Waals surface area contributed by atoms with E-state index in [-0.39, 0.29) is 5.24 Å². The third-order valence-corrected chi connectivity index (χ3v) is 4.01. The Bertz CT molecular complexity index is 624. The molecule has 0 radical (unpaired) electrons. The van der Waals surface area contributed by atoms with Crippen molar-refractivity contribution in [2.75, 3.05) is 14.1 Å². The van der Waals surface area contributed by atoms with Gasteiger partial charge in [-0.1, -0.05) is 48.5 Å². The minimum Gasteiger partial charge on any atom is -0.339 e. The zero-order valence-electron chi connectivity index (χ0n) is 11.4. The molecule has 0 aliphatic heterocycles. The fourth-order valence-electron chi connectivity index (χ4n) is 1.79. The van der Waals surface area contributed by atoms with Crippen molar-refractivity contribution < 1.29 is 9.59 Å². The molecule has 0 aliphatic rings. The van der Waals surface area contributed by atoms with Gasteiger partial charge in [0.15, 0.2) is 6.29 Å². The van der Waals surface area contributed by atoms with Crippen LogP contribution in [0.5, 0.6) is 0 Å². The van der Waals surface area contributed by atoms with Gasteiger partial charge in [0.05, 0.1) is 0 Å². The number of thioether (sulfide) groups is 1. The SMILES string of the molecule is CN(C)C(=O)Sc1c(C=O)cccc1-c1ccccc1. The van der Waals surface area contributed by atoms with Crippen molar-refractivity contribution in [2.45, 2.75) is 4.90 Å². The lowest BCUT2D eigenvalue weighted by molar-refractivity contribution is 0.112. The lowest BCUT2D eigenvalue weighted by atomic mass is 10.0. The van der Waals surface area contributed by atoms with Crippen LogP contribution in [0.2, 0.25) is 0 Å². The van der Waals surface area contributed by atoms with Crippen molar-refractivity contribution in [3.63, 3.8) is 0 Å². The molecule has 0 aromatic heterocycles. The topological polar surface area (TPSA) is 37.4 Å². The summed E-state index contributed by atoms with van der Waals surface area (Å²) in [5, 5.41) is -0.100. The highest BCUT2D eigenvalue weighted by atomic mass is 32.2. The van der Waals surface area contributed by atoms with Crippen LogP contribution in [0.4, 0.5) is 4.79 Å². The number of aldehydes is 1. The van der Waals surface area contributed by atoms with Gasteiger partial charge in [-0.05, 0) is 22.9 Å². The average Bonchev–Trinajstić information content (AvgIpc) is 2.48. The highest BCUT2D eigenvalue weighted by Crippen LogP contribution is 2.34. The van der Waals surface area contributed by atoms with E-state index in [4.69, 9.17) is 0 Å². The number of carbonyl (C=O) groups is 2. The van der Waals surface area contributed by atoms with Gasteiger partial charge in [-0.3, -0.25) is 9.59 Å². The molecule has 0 spiro atoms. The van der Waals surface area contributed by atoms with Crippen molar-refractivity contribution in [2.24, 2.45) is 0 Å². The molecule has 20 heavy (non-hydrogen) atoms. The molecule has 0 N–H and O–H groups in total. The van der Waals surface area contributed by atoms with E-state index in [9.17, 15) is 9.59 Å². The van der Waals surface area contributed by atoms with Gasteiger partial charge in [-0.15, -0.1) is 0 Å². The molecular weight excluding hydrogens is 270 g/mol. The number of hydrogen-bond acceptors (Lipinski definition) is 3. The van der Waals surface area contributed by atoms with E-state index >= 15 is 0 Å². The lowest BCUT2D eigenvalue weighted by Gasteiger charge is -2.14. The van der Waals surface area contributed by atoms with Crippen molar-refractivity contribution in [3.8, 4) is 11.1 Å². The highest BCUT2D eigenvalue weighted by Gasteiger charge is 2.15. The van der Waals surface area contributed by atoms with Crippen molar-refractivity contribution in [1.82, 2.24) is 4.90 Å². The van der Waals surface area contributed by atoms with E-state index in [1.807, 2.05) is 42.5 Å². The number of carbonyl (C=O) groups excluding carboxylic acids is 2. The molecular formula is C16H15NO2S. The molecule has 2 aromatic carbocycles. The molecule has 0 bridgehead atoms. The third kappa shape index (κ3) is 3.08. The quantitative estimate of drug-likeness (QED) is 0.633. The van der Waals surface area contributed by atoms with Gasteiger partial charge in [-0.25, -0.2) is 0 Å². The number of amides is 1. The van der Waals surface area contributed by atoms with Gasteiger partial charge in [0.2, 0.25) is 0 Å². The summed E-state index contributed by atoms with van der Waals surface area (Å²) in [6.45, 7) is 0. The van der Waals surface area contributed by atoms with E-state index in [1.165, 1.54) is 4.90 Å². The summed E-state index contributed by atoms with van der Waals surface area (Å²) < 4.78 is 0. The molecule has 1 amide bonds. The van der Waals surface area contributed by atoms with Gasteiger partial charge >= 0.3 is 0 Å². The molecule has 0 aliphatic carbocycles. The molecule has 0 fully saturated rings. The second kappa shape index (κ2) is 6.39. The van der Waals surface area contributed by atoms with Crippen LogP contribution in [0.1, 0.15) is 10.4 Å². The smallest absolute Gasteiger partial charge is 0.285 e. The summed E-state index contributed by atoms with van der Waals surface area (Å²) in [6.07, 6.45) is 0.789. The van der Waals surface area contributed by atoms with Crippen molar-refractivity contribution >= 4 is 23.3 Å². The largest absolute Gasteiger partial charge is 0.339 e. The lowest BCUT2D eigenvalue weighted by Crippen LogP contribution is -2.16. The maximum atomic E-state index is 11.9. The molecule has 0 saturated carbocycles. The first-order chi connectivity index (χ1) is 9.63. The summed E-state index contributed by atoms with van der Waals surface area (Å²) in [5.41, 5.74) is 2.42. The molecule has 4 heteroatoms. The Morgan fingerprint density at radius 1 is 1.05 bits per heavy atom. The molecule has 2 rings (SSSR count). The van der Waals surface area contributed by atoms with Gasteiger partial charge in [0, 0.05) is 24.6 Å². The summed E-state index contributed by atoms with van der Waals surface area (Å²) in [4.78, 5) is 25.4. The van der Waals surface area contributed by atoms with Crippen LogP contribution in [-0.2, 0) is 0 Å². The van der Waals surface area contributed by atoms with Crippen LogP contribution in [0.15, 0.2) is 53.4 Å². The monoisotopic (exact) mass is 285 g/mol. The molecule has 0 saturated heterocycles. The first-order valence-electron chi connectivity index (χ1n) is 6.16. The zero-order valence-corrected chi connectivity index (χ0v) is 12.2. The Morgan fingerprint density at radius 2 is 1.75 bits per heavy atom. The summed E-state index contributed by atoms with van der Waals surface area (Å²) in [6, 6.07) is 15.2. The van der Waals surface area contributed by atoms with Crippen LogP contribution in [-0.4, -0.2) is 30.5 Å². The first kappa shape index (κ1) is 14.3. The Morgan fingerprint density at radius 3 is 2.35 bits per heavy atom. The van der Waals surface area contributed by atoms with Crippen LogP contribution in [0, 0.1) is 0 Å². The Labute approximate surface area is 122 Å². The molecule has 3 nitrogen and oxygen atoms in total. The van der Waals surface area contributed by atoms with Crippen LogP contribution >= 0.6 is 11.8 Å². The molecule has 0 unspecified atom stereocenters. The second-order valence-corrected chi connectivity index (χ2v) is 5.43. The highest BCUT2D eigenvalue weighted by molar-refractivity contribution is 8.13. The average molecular weight is 285 g/mol. The van der Waals surface area contributed by atoms with Crippen LogP contribution in [0.25, 0.3) is 11.1 Å². The summed E-state index contributed by atoms with van der Waals surface area (Å²) in [5.74, 6) is 0. The molecule has 0 atom stereocenters. The second-order valence-electron chi connectivity index (χ2n) is 4.47. The first-order valence-corrected chi connectivity index (χ1v) is 6.98. The Kier molecular flexibility index (Phi) is 4.58. The Balaban J connectivity index is 2.52. The maximum absolute atomic E-state index is 11.9. The van der Waals surface area contributed by atoms with Gasteiger partial charge < -0.3 is 4.90 Å². The van der Waals surface area contributed by atoms with Crippen molar-refractivity contribution in [1.29, 1.82) is 0 Å². The fourth-order valence-corrected chi connectivity index (χ4v) is 2.67. The number of benzene rings is 2. The van der Waals surface area contributed by atoms with Crippen LogP contribution in [0.3, 0.4) is 0 Å². The predicted molar refractivity (Wildman–Crippen MR) is 82.2 cm³/mol. The van der Waals surface area contributed by atoms with Gasteiger partial charge in [-0.2, -0.15) is 0 Å². The minimum atomic E-state index is -0.100. The van der Waals surface area contributed by atoms with Crippen LogP contribution < -0.4 is 0 Å². The molecule has 102 valence electrons. The molecule has 2 aromatic rings. The van der Waals surface area contributed by atoms with Crippen molar-refractivity contribution in [3.05, 3.63) is 54.1 Å². The third-order valence-electron chi connectivity index (χ3n) is 2.81. The number of hydrogen-bond donors (Lipinski definition) is 0. The Hall–Kier alpha value is -2.07. The van der Waals surface area contributed by atoms with E-state index in [0.29, 0.717) is 10.5 Å². The van der Waals surface area contributed by atoms with Gasteiger partial charge in [0.1, 0.15) is 0 Å². The summed E-state index contributed by atoms with van der Waals surface area (Å²) >= 11 is 1.08. The molecule has 0 heterocycles. The van der Waals surface area contributed by atoms with Gasteiger partial charge in [0.25, 0.3) is 5.24 Å². The van der Waals surface area contributed by atoms with E-state index < -0.39 is 0 Å². The zero-order chi connectivity index (χ0) is 14.5. The van der Waals surface area contributed by atoms with E-state index in [2.05, 4.69) is 0 Å². The maximum Gasteiger partial charge on any atom is 0.285 e. The van der Waals surface area contributed by atoms with E-state index in [0.717, 1.165) is 29.2 Å². The van der Waals surface area contributed by atoms with E-state index in [1.54, 1.807) is 20.2 Å². The standard InChI is InChI=1S/C16H15NO2S/c1-17(2)16(19)20-15-13(11-18)9-6-10-14(15)12-7-4-3-5-8-12/h3-11H,1-2H3. The normalized spacial score (nSPS) is 10.1. The number of nitrogens with zero attached hydrogens (tertiary/aromatic N) is 1. The number of rotatable bonds is 3. The predicted octanol–water partition coefficient (Wildman–Crippen LogP) is 3.94. The minimum absolute atomic E-state index is 0.100. The summed E-state index contributed by atoms with van der Waals surface area (Å²) in [7, 11) is 3.39. The fraction of sp³-hybridized carbons (Fsp3) is 0.125.